The second-order valence-corrected chi connectivity index (χ2v) is 4.86. The van der Waals surface area contributed by atoms with Crippen LogP contribution in [-0.4, -0.2) is 11.6 Å². The Morgan fingerprint density at radius 2 is 2.00 bits per heavy atom. The van der Waals surface area contributed by atoms with E-state index in [-0.39, 0.29) is 0 Å². The summed E-state index contributed by atoms with van der Waals surface area (Å²) in [4.78, 5) is 1.36. The van der Waals surface area contributed by atoms with Gasteiger partial charge in [-0.1, -0.05) is 31.5 Å². The van der Waals surface area contributed by atoms with Crippen molar-refractivity contribution in [1.82, 2.24) is 0 Å². The van der Waals surface area contributed by atoms with Crippen LogP contribution in [0.25, 0.3) is 0 Å². The first-order chi connectivity index (χ1) is 6.86. The fraction of sp³-hybridized carbons (Fsp3) is 0.500. The van der Waals surface area contributed by atoms with Crippen molar-refractivity contribution < 1.29 is 0 Å². The van der Waals surface area contributed by atoms with Crippen LogP contribution in [-0.2, 0) is 0 Å². The zero-order valence-electron chi connectivity index (χ0n) is 8.58. The van der Waals surface area contributed by atoms with Crippen molar-refractivity contribution in [3.8, 4) is 0 Å². The number of alkyl halides is 1. The van der Waals surface area contributed by atoms with Crippen LogP contribution in [0.5, 0.6) is 0 Å². The molecule has 0 bridgehead atoms. The number of thioether (sulfide) groups is 1. The monoisotopic (exact) mass is 228 g/mol. The Kier molecular flexibility index (Phi) is 6.13. The number of benzene rings is 1. The van der Waals surface area contributed by atoms with E-state index in [2.05, 4.69) is 37.3 Å². The molecule has 1 aromatic rings. The summed E-state index contributed by atoms with van der Waals surface area (Å²) >= 11 is 7.76. The van der Waals surface area contributed by atoms with Crippen LogP contribution >= 0.6 is 23.4 Å². The molecule has 0 heterocycles. The van der Waals surface area contributed by atoms with Gasteiger partial charge in [-0.2, -0.15) is 0 Å². The molecule has 0 aromatic heterocycles. The minimum atomic E-state index is 0.688. The van der Waals surface area contributed by atoms with Gasteiger partial charge in [-0.05, 0) is 30.2 Å². The molecule has 0 aliphatic rings. The molecular weight excluding hydrogens is 212 g/mol. The SMILES string of the molecule is CCC(CCl)CCSc1ccccc1. The third kappa shape index (κ3) is 4.39. The first-order valence-electron chi connectivity index (χ1n) is 5.10. The normalized spacial score (nSPS) is 12.7. The van der Waals surface area contributed by atoms with Crippen molar-refractivity contribution in [2.75, 3.05) is 11.6 Å². The molecule has 0 spiro atoms. The molecule has 1 rings (SSSR count). The first-order valence-corrected chi connectivity index (χ1v) is 6.62. The minimum Gasteiger partial charge on any atom is -0.126 e. The van der Waals surface area contributed by atoms with Crippen molar-refractivity contribution in [2.45, 2.75) is 24.7 Å². The van der Waals surface area contributed by atoms with Crippen LogP contribution in [0.1, 0.15) is 19.8 Å². The molecule has 1 unspecified atom stereocenters. The van der Waals surface area contributed by atoms with E-state index in [0.717, 1.165) is 5.88 Å². The van der Waals surface area contributed by atoms with E-state index in [1.807, 2.05) is 11.8 Å². The van der Waals surface area contributed by atoms with Crippen molar-refractivity contribution in [1.29, 1.82) is 0 Å². The molecule has 0 amide bonds. The third-order valence-electron chi connectivity index (χ3n) is 2.33. The van der Waals surface area contributed by atoms with Crippen molar-refractivity contribution in [3.05, 3.63) is 30.3 Å². The predicted octanol–water partition coefficient (Wildman–Crippen LogP) is 4.43. The lowest BCUT2D eigenvalue weighted by Crippen LogP contribution is -2.01. The Bertz CT molecular complexity index is 231. The second-order valence-electron chi connectivity index (χ2n) is 3.38. The molecule has 0 fully saturated rings. The van der Waals surface area contributed by atoms with E-state index >= 15 is 0 Å². The standard InChI is InChI=1S/C12H17ClS/c1-2-11(10-13)8-9-14-12-6-4-3-5-7-12/h3-7,11H,2,8-10H2,1H3. The average molecular weight is 229 g/mol. The summed E-state index contributed by atoms with van der Waals surface area (Å²) in [7, 11) is 0. The van der Waals surface area contributed by atoms with E-state index in [0.29, 0.717) is 5.92 Å². The first kappa shape index (κ1) is 11.9. The lowest BCUT2D eigenvalue weighted by atomic mass is 10.1. The van der Waals surface area contributed by atoms with Gasteiger partial charge >= 0.3 is 0 Å². The number of halogens is 1. The zero-order chi connectivity index (χ0) is 10.2. The van der Waals surface area contributed by atoms with E-state index in [9.17, 15) is 0 Å². The highest BCUT2D eigenvalue weighted by molar-refractivity contribution is 7.99. The maximum Gasteiger partial charge on any atom is 0.0251 e. The maximum absolute atomic E-state index is 5.84. The Labute approximate surface area is 96.0 Å². The van der Waals surface area contributed by atoms with E-state index in [4.69, 9.17) is 11.6 Å². The fourth-order valence-corrected chi connectivity index (χ4v) is 2.66. The highest BCUT2D eigenvalue weighted by Crippen LogP contribution is 2.21. The molecule has 0 nitrogen and oxygen atoms in total. The molecule has 1 aromatic carbocycles. The van der Waals surface area contributed by atoms with Gasteiger partial charge in [0.05, 0.1) is 0 Å². The Hall–Kier alpha value is -0.140. The summed E-state index contributed by atoms with van der Waals surface area (Å²) in [5, 5.41) is 0. The van der Waals surface area contributed by atoms with Crippen LogP contribution in [0.4, 0.5) is 0 Å². The van der Waals surface area contributed by atoms with E-state index in [1.54, 1.807) is 0 Å². The molecular formula is C12H17ClS. The van der Waals surface area contributed by atoms with Gasteiger partial charge in [-0.15, -0.1) is 23.4 Å². The molecule has 0 radical (unpaired) electrons. The van der Waals surface area contributed by atoms with Crippen LogP contribution in [0.2, 0.25) is 0 Å². The zero-order valence-corrected chi connectivity index (χ0v) is 10.2. The van der Waals surface area contributed by atoms with E-state index < -0.39 is 0 Å². The van der Waals surface area contributed by atoms with E-state index in [1.165, 1.54) is 23.5 Å². The quantitative estimate of drug-likeness (QED) is 0.513. The predicted molar refractivity (Wildman–Crippen MR) is 66.3 cm³/mol. The van der Waals surface area contributed by atoms with Gasteiger partial charge in [0.2, 0.25) is 0 Å². The molecule has 2 heteroatoms. The van der Waals surface area contributed by atoms with Crippen molar-refractivity contribution >= 4 is 23.4 Å². The maximum atomic E-state index is 5.84. The van der Waals surface area contributed by atoms with Crippen LogP contribution < -0.4 is 0 Å². The number of hydrogen-bond acceptors (Lipinski definition) is 1. The molecule has 78 valence electrons. The van der Waals surface area contributed by atoms with Gasteiger partial charge in [0.1, 0.15) is 0 Å². The molecule has 0 aliphatic carbocycles. The molecule has 0 aliphatic heterocycles. The minimum absolute atomic E-state index is 0.688. The molecule has 0 saturated carbocycles. The highest BCUT2D eigenvalue weighted by Gasteiger charge is 2.03. The Morgan fingerprint density at radius 3 is 2.57 bits per heavy atom. The molecule has 1 atom stereocenters. The molecule has 14 heavy (non-hydrogen) atoms. The largest absolute Gasteiger partial charge is 0.126 e. The topological polar surface area (TPSA) is 0 Å². The van der Waals surface area contributed by atoms with Crippen molar-refractivity contribution in [2.24, 2.45) is 5.92 Å². The summed E-state index contributed by atoms with van der Waals surface area (Å²) in [6.07, 6.45) is 2.42. The van der Waals surface area contributed by atoms with Gasteiger partial charge in [-0.3, -0.25) is 0 Å². The van der Waals surface area contributed by atoms with Crippen LogP contribution in [0.3, 0.4) is 0 Å². The highest BCUT2D eigenvalue weighted by atomic mass is 35.5. The Balaban J connectivity index is 2.21. The smallest absolute Gasteiger partial charge is 0.0251 e. The lowest BCUT2D eigenvalue weighted by Gasteiger charge is -2.09. The van der Waals surface area contributed by atoms with Gasteiger partial charge in [0, 0.05) is 10.8 Å². The molecule has 0 saturated heterocycles. The summed E-state index contributed by atoms with van der Waals surface area (Å²) in [6.45, 7) is 2.21. The number of hydrogen-bond donors (Lipinski definition) is 0. The molecule has 0 N–H and O–H groups in total. The van der Waals surface area contributed by atoms with Gasteiger partial charge in [0.15, 0.2) is 0 Å². The summed E-state index contributed by atoms with van der Waals surface area (Å²) < 4.78 is 0. The van der Waals surface area contributed by atoms with Gasteiger partial charge < -0.3 is 0 Å². The van der Waals surface area contributed by atoms with Crippen molar-refractivity contribution in [3.63, 3.8) is 0 Å². The van der Waals surface area contributed by atoms with Crippen LogP contribution in [0.15, 0.2) is 35.2 Å². The summed E-state index contributed by atoms with van der Waals surface area (Å²) in [5.74, 6) is 2.66. The average Bonchev–Trinajstić information content (AvgIpc) is 2.26. The summed E-state index contributed by atoms with van der Waals surface area (Å²) in [5.41, 5.74) is 0. The summed E-state index contributed by atoms with van der Waals surface area (Å²) in [6, 6.07) is 10.5. The second kappa shape index (κ2) is 7.19. The van der Waals surface area contributed by atoms with Gasteiger partial charge in [-0.25, -0.2) is 0 Å². The lowest BCUT2D eigenvalue weighted by molar-refractivity contribution is 0.555. The fourth-order valence-electron chi connectivity index (χ4n) is 1.25. The number of rotatable bonds is 6. The third-order valence-corrected chi connectivity index (χ3v) is 3.82. The van der Waals surface area contributed by atoms with Gasteiger partial charge in [0.25, 0.3) is 0 Å². The Morgan fingerprint density at radius 1 is 1.29 bits per heavy atom. The van der Waals surface area contributed by atoms with Crippen LogP contribution in [0, 0.1) is 5.92 Å².